The van der Waals surface area contributed by atoms with E-state index in [-0.39, 0.29) is 42.1 Å². The van der Waals surface area contributed by atoms with Crippen molar-refractivity contribution in [1.82, 2.24) is 14.4 Å². The van der Waals surface area contributed by atoms with E-state index in [9.17, 15) is 13.2 Å². The van der Waals surface area contributed by atoms with Crippen molar-refractivity contribution in [3.8, 4) is 0 Å². The third-order valence-corrected chi connectivity index (χ3v) is 7.07. The van der Waals surface area contributed by atoms with Crippen molar-refractivity contribution in [2.45, 2.75) is 49.6 Å². The summed E-state index contributed by atoms with van der Waals surface area (Å²) in [4.78, 5) is 15.4. The number of amides is 1. The Balaban J connectivity index is 1.56. The van der Waals surface area contributed by atoms with E-state index >= 15 is 4.39 Å². The smallest absolute Gasteiger partial charge is 0.265 e. The summed E-state index contributed by atoms with van der Waals surface area (Å²) in [7, 11) is -3.90. The van der Waals surface area contributed by atoms with Crippen LogP contribution >= 0.6 is 0 Å². The Hall–Kier alpha value is -2.33. The third-order valence-electron chi connectivity index (χ3n) is 5.07. The fourth-order valence-corrected chi connectivity index (χ4v) is 5.09. The number of carbonyl (C=O) groups is 1. The molecule has 1 atom stereocenters. The molecular formula is C18H21FN4O4S. The average molecular weight is 408 g/mol. The molecule has 0 bridgehead atoms. The van der Waals surface area contributed by atoms with Gasteiger partial charge in [0.1, 0.15) is 0 Å². The molecule has 1 amide bonds. The fourth-order valence-electron chi connectivity index (χ4n) is 3.40. The molecule has 150 valence electrons. The largest absolute Gasteiger partial charge is 0.336 e. The minimum Gasteiger partial charge on any atom is -0.336 e. The predicted octanol–water partition coefficient (Wildman–Crippen LogP) is 2.47. The van der Waals surface area contributed by atoms with Crippen LogP contribution in [-0.2, 0) is 20.5 Å². The SMILES string of the molecule is CC(=O)Nc1ccc(S(=O)(=O)N2CCC(F)(c3nc(C4CC4)no3)C2)c(C)c1. The monoisotopic (exact) mass is 408 g/mol. The summed E-state index contributed by atoms with van der Waals surface area (Å²) >= 11 is 0. The van der Waals surface area contributed by atoms with Gasteiger partial charge in [0, 0.05) is 31.5 Å². The van der Waals surface area contributed by atoms with Gasteiger partial charge in [-0.2, -0.15) is 9.29 Å². The molecule has 1 saturated carbocycles. The van der Waals surface area contributed by atoms with Crippen LogP contribution in [-0.4, -0.2) is 41.9 Å². The first-order chi connectivity index (χ1) is 13.2. The maximum absolute atomic E-state index is 15.4. The van der Waals surface area contributed by atoms with Crippen molar-refractivity contribution in [3.63, 3.8) is 0 Å². The second kappa shape index (κ2) is 6.63. The number of nitrogens with zero attached hydrogens (tertiary/aromatic N) is 3. The molecule has 8 nitrogen and oxygen atoms in total. The van der Waals surface area contributed by atoms with Gasteiger partial charge >= 0.3 is 0 Å². The van der Waals surface area contributed by atoms with Gasteiger partial charge in [-0.3, -0.25) is 4.79 Å². The predicted molar refractivity (Wildman–Crippen MR) is 97.9 cm³/mol. The first kappa shape index (κ1) is 19.0. The highest BCUT2D eigenvalue weighted by molar-refractivity contribution is 7.89. The number of halogens is 1. The zero-order chi connectivity index (χ0) is 20.1. The number of benzene rings is 1. The number of nitrogens with one attached hydrogen (secondary N) is 1. The van der Waals surface area contributed by atoms with Crippen molar-refractivity contribution >= 4 is 21.6 Å². The van der Waals surface area contributed by atoms with Gasteiger partial charge in [0.25, 0.3) is 5.89 Å². The summed E-state index contributed by atoms with van der Waals surface area (Å²) in [5.74, 6) is 0.330. The van der Waals surface area contributed by atoms with Gasteiger partial charge in [0.2, 0.25) is 21.6 Å². The van der Waals surface area contributed by atoms with Crippen LogP contribution in [0.3, 0.4) is 0 Å². The molecule has 1 aromatic heterocycles. The standard InChI is InChI=1S/C18H21FN4O4S/c1-11-9-14(20-12(2)24)5-6-15(11)28(25,26)23-8-7-18(19,10-23)17-21-16(22-27-17)13-3-4-13/h5-6,9,13H,3-4,7-8,10H2,1-2H3,(H,20,24). The van der Waals surface area contributed by atoms with Gasteiger partial charge < -0.3 is 9.84 Å². The highest BCUT2D eigenvalue weighted by Crippen LogP contribution is 2.42. The maximum Gasteiger partial charge on any atom is 0.265 e. The number of sulfonamides is 1. The van der Waals surface area contributed by atoms with Gasteiger partial charge in [-0.05, 0) is 43.5 Å². The summed E-state index contributed by atoms with van der Waals surface area (Å²) in [5, 5.41) is 6.44. The number of alkyl halides is 1. The average Bonchev–Trinajstić information content (AvgIpc) is 3.18. The van der Waals surface area contributed by atoms with E-state index in [0.29, 0.717) is 17.1 Å². The van der Waals surface area contributed by atoms with Crippen LogP contribution in [0.25, 0.3) is 0 Å². The van der Waals surface area contributed by atoms with Gasteiger partial charge in [-0.1, -0.05) is 5.16 Å². The van der Waals surface area contributed by atoms with E-state index in [1.54, 1.807) is 13.0 Å². The molecule has 2 heterocycles. The molecule has 1 aliphatic heterocycles. The molecule has 1 aliphatic carbocycles. The summed E-state index contributed by atoms with van der Waals surface area (Å²) in [5.41, 5.74) is -1.02. The van der Waals surface area contributed by atoms with Crippen LogP contribution in [0.2, 0.25) is 0 Å². The molecule has 2 fully saturated rings. The molecule has 10 heteroatoms. The van der Waals surface area contributed by atoms with Crippen molar-refractivity contribution < 1.29 is 22.1 Å². The summed E-state index contributed by atoms with van der Waals surface area (Å²) in [6.45, 7) is 2.66. The topological polar surface area (TPSA) is 105 Å². The lowest BCUT2D eigenvalue weighted by atomic mass is 10.1. The van der Waals surface area contributed by atoms with Crippen LogP contribution in [0.1, 0.15) is 49.4 Å². The number of aromatic nitrogens is 2. The maximum atomic E-state index is 15.4. The fraction of sp³-hybridized carbons (Fsp3) is 0.500. The van der Waals surface area contributed by atoms with Crippen LogP contribution in [0, 0.1) is 6.92 Å². The second-order valence-electron chi connectivity index (χ2n) is 7.45. The summed E-state index contributed by atoms with van der Waals surface area (Å²) in [6.07, 6.45) is 1.89. The number of aryl methyl sites for hydroxylation is 1. The van der Waals surface area contributed by atoms with E-state index in [1.165, 1.54) is 19.1 Å². The highest BCUT2D eigenvalue weighted by Gasteiger charge is 2.49. The van der Waals surface area contributed by atoms with Crippen LogP contribution in [0.4, 0.5) is 10.1 Å². The van der Waals surface area contributed by atoms with E-state index in [2.05, 4.69) is 15.5 Å². The minimum absolute atomic E-state index is 0.0207. The molecule has 0 radical (unpaired) electrons. The number of rotatable bonds is 5. The molecule has 2 aromatic rings. The quantitative estimate of drug-likeness (QED) is 0.815. The van der Waals surface area contributed by atoms with Crippen molar-refractivity contribution in [2.24, 2.45) is 0 Å². The van der Waals surface area contributed by atoms with Gasteiger partial charge in [-0.15, -0.1) is 0 Å². The number of carbonyl (C=O) groups excluding carboxylic acids is 1. The zero-order valence-corrected chi connectivity index (χ0v) is 16.4. The number of hydrogen-bond acceptors (Lipinski definition) is 6. The molecule has 4 rings (SSSR count). The molecule has 1 unspecified atom stereocenters. The molecule has 1 saturated heterocycles. The summed E-state index contributed by atoms with van der Waals surface area (Å²) in [6, 6.07) is 4.51. The lowest BCUT2D eigenvalue weighted by Crippen LogP contribution is -2.33. The molecule has 28 heavy (non-hydrogen) atoms. The van der Waals surface area contributed by atoms with Gasteiger partial charge in [0.15, 0.2) is 5.82 Å². The second-order valence-corrected chi connectivity index (χ2v) is 9.35. The molecule has 2 aliphatic rings. The molecule has 0 spiro atoms. The lowest BCUT2D eigenvalue weighted by Gasteiger charge is -2.19. The first-order valence-corrected chi connectivity index (χ1v) is 10.5. The van der Waals surface area contributed by atoms with Crippen molar-refractivity contribution in [3.05, 3.63) is 35.5 Å². The van der Waals surface area contributed by atoms with E-state index in [4.69, 9.17) is 4.52 Å². The van der Waals surface area contributed by atoms with E-state index < -0.39 is 15.7 Å². The Labute approximate surface area is 162 Å². The Morgan fingerprint density at radius 1 is 1.39 bits per heavy atom. The third kappa shape index (κ3) is 3.42. The van der Waals surface area contributed by atoms with Crippen LogP contribution < -0.4 is 5.32 Å². The van der Waals surface area contributed by atoms with Gasteiger partial charge in [-0.25, -0.2) is 12.8 Å². The number of hydrogen-bond donors (Lipinski definition) is 1. The zero-order valence-electron chi connectivity index (χ0n) is 15.6. The Morgan fingerprint density at radius 2 is 2.14 bits per heavy atom. The number of anilines is 1. The van der Waals surface area contributed by atoms with E-state index in [1.807, 2.05) is 0 Å². The summed E-state index contributed by atoms with van der Waals surface area (Å²) < 4.78 is 47.7. The van der Waals surface area contributed by atoms with Crippen LogP contribution in [0.5, 0.6) is 0 Å². The Morgan fingerprint density at radius 3 is 2.79 bits per heavy atom. The molecule has 1 N–H and O–H groups in total. The molecule has 1 aromatic carbocycles. The lowest BCUT2D eigenvalue weighted by molar-refractivity contribution is -0.114. The van der Waals surface area contributed by atoms with Crippen molar-refractivity contribution in [2.75, 3.05) is 18.4 Å². The first-order valence-electron chi connectivity index (χ1n) is 9.10. The Kier molecular flexibility index (Phi) is 4.50. The van der Waals surface area contributed by atoms with E-state index in [0.717, 1.165) is 17.1 Å². The minimum atomic E-state index is -3.90. The van der Waals surface area contributed by atoms with Crippen LogP contribution in [0.15, 0.2) is 27.6 Å². The van der Waals surface area contributed by atoms with Crippen molar-refractivity contribution in [1.29, 1.82) is 0 Å². The highest BCUT2D eigenvalue weighted by atomic mass is 32.2. The molecular weight excluding hydrogens is 387 g/mol. The normalized spacial score (nSPS) is 23.1. The Bertz CT molecular complexity index is 1030. The van der Waals surface area contributed by atoms with Gasteiger partial charge in [0.05, 0.1) is 11.4 Å².